The van der Waals surface area contributed by atoms with Crippen molar-refractivity contribution in [1.82, 2.24) is 9.97 Å². The summed E-state index contributed by atoms with van der Waals surface area (Å²) < 4.78 is 0. The molecule has 17 heavy (non-hydrogen) atoms. The molecule has 0 atom stereocenters. The first-order valence-electron chi connectivity index (χ1n) is 6.55. The average molecular weight is 234 g/mol. The van der Waals surface area contributed by atoms with E-state index in [1.165, 1.54) is 19.3 Å². The third-order valence-corrected chi connectivity index (χ3v) is 3.33. The molecule has 4 heteroatoms. The Morgan fingerprint density at radius 1 is 1.24 bits per heavy atom. The number of hydrogen-bond donors (Lipinski definition) is 2. The van der Waals surface area contributed by atoms with Crippen LogP contribution in [0.3, 0.4) is 0 Å². The molecular weight excluding hydrogens is 212 g/mol. The summed E-state index contributed by atoms with van der Waals surface area (Å²) in [6.45, 7) is 7.31. The summed E-state index contributed by atoms with van der Waals surface area (Å²) in [6, 6.07) is 2.01. The third kappa shape index (κ3) is 2.87. The highest BCUT2D eigenvalue weighted by atomic mass is 15.1. The van der Waals surface area contributed by atoms with Gasteiger partial charge in [0.05, 0.1) is 0 Å². The van der Waals surface area contributed by atoms with E-state index >= 15 is 0 Å². The Bertz CT molecular complexity index is 385. The number of anilines is 2. The molecule has 0 unspecified atom stereocenters. The molecule has 0 radical (unpaired) electrons. The lowest BCUT2D eigenvalue weighted by Gasteiger charge is -2.39. The number of rotatable bonds is 5. The van der Waals surface area contributed by atoms with E-state index in [2.05, 4.69) is 41.4 Å². The number of aromatic nitrogens is 2. The van der Waals surface area contributed by atoms with Crippen LogP contribution >= 0.6 is 0 Å². The summed E-state index contributed by atoms with van der Waals surface area (Å²) in [7, 11) is 0. The zero-order chi connectivity index (χ0) is 12.3. The van der Waals surface area contributed by atoms with Crippen LogP contribution in [0.2, 0.25) is 0 Å². The quantitative estimate of drug-likeness (QED) is 0.822. The highest BCUT2D eigenvalue weighted by Gasteiger charge is 2.31. The summed E-state index contributed by atoms with van der Waals surface area (Å²) in [4.78, 5) is 8.99. The lowest BCUT2D eigenvalue weighted by Crippen LogP contribution is -2.42. The standard InChI is InChI=1S/C13H22N4/c1-4-10-15-11(14-5-2)9-12(16-10)17-13(3)7-6-8-13/h9H,4-8H2,1-3H3,(H2,14,15,16,17). The summed E-state index contributed by atoms with van der Waals surface area (Å²) in [6.07, 6.45) is 4.64. The van der Waals surface area contributed by atoms with Crippen LogP contribution in [-0.4, -0.2) is 22.1 Å². The van der Waals surface area contributed by atoms with Gasteiger partial charge in [-0.3, -0.25) is 0 Å². The van der Waals surface area contributed by atoms with Crippen molar-refractivity contribution in [3.05, 3.63) is 11.9 Å². The molecule has 1 saturated carbocycles. The molecule has 1 aliphatic carbocycles. The Balaban J connectivity index is 2.16. The van der Waals surface area contributed by atoms with Gasteiger partial charge in [-0.25, -0.2) is 9.97 Å². The van der Waals surface area contributed by atoms with Gasteiger partial charge >= 0.3 is 0 Å². The highest BCUT2D eigenvalue weighted by molar-refractivity contribution is 5.49. The molecule has 4 nitrogen and oxygen atoms in total. The smallest absolute Gasteiger partial charge is 0.132 e. The minimum Gasteiger partial charge on any atom is -0.370 e. The van der Waals surface area contributed by atoms with E-state index in [1.54, 1.807) is 0 Å². The lowest BCUT2D eigenvalue weighted by atomic mass is 9.78. The van der Waals surface area contributed by atoms with Gasteiger partial charge in [0.25, 0.3) is 0 Å². The molecule has 1 fully saturated rings. The van der Waals surface area contributed by atoms with Crippen molar-refractivity contribution in [2.75, 3.05) is 17.2 Å². The van der Waals surface area contributed by atoms with E-state index in [0.29, 0.717) is 0 Å². The second-order valence-electron chi connectivity index (χ2n) is 4.98. The molecular formula is C13H22N4. The SMILES string of the molecule is CCNc1cc(NC2(C)CCC2)nc(CC)n1. The van der Waals surface area contributed by atoms with Gasteiger partial charge < -0.3 is 10.6 Å². The number of nitrogens with one attached hydrogen (secondary N) is 2. The molecule has 94 valence electrons. The Labute approximate surface area is 103 Å². The Kier molecular flexibility index (Phi) is 3.50. The molecule has 1 aliphatic rings. The van der Waals surface area contributed by atoms with Crippen molar-refractivity contribution >= 4 is 11.6 Å². The second-order valence-corrected chi connectivity index (χ2v) is 4.98. The monoisotopic (exact) mass is 234 g/mol. The molecule has 1 aromatic heterocycles. The number of nitrogens with zero attached hydrogens (tertiary/aromatic N) is 2. The van der Waals surface area contributed by atoms with Crippen molar-refractivity contribution in [3.63, 3.8) is 0 Å². The van der Waals surface area contributed by atoms with Gasteiger partial charge in [-0.15, -0.1) is 0 Å². The maximum Gasteiger partial charge on any atom is 0.132 e. The maximum atomic E-state index is 4.54. The van der Waals surface area contributed by atoms with Gasteiger partial charge in [0.1, 0.15) is 17.5 Å². The van der Waals surface area contributed by atoms with Crippen LogP contribution in [0.15, 0.2) is 6.07 Å². The molecule has 0 amide bonds. The first-order chi connectivity index (χ1) is 8.15. The van der Waals surface area contributed by atoms with Crippen LogP contribution in [0, 0.1) is 0 Å². The second kappa shape index (κ2) is 4.90. The third-order valence-electron chi connectivity index (χ3n) is 3.33. The molecule has 0 saturated heterocycles. The average Bonchev–Trinajstić information content (AvgIpc) is 2.27. The van der Waals surface area contributed by atoms with Gasteiger partial charge in [0.2, 0.25) is 0 Å². The van der Waals surface area contributed by atoms with Gasteiger partial charge in [0.15, 0.2) is 0 Å². The van der Waals surface area contributed by atoms with Gasteiger partial charge in [-0.1, -0.05) is 6.92 Å². The molecule has 2 rings (SSSR count). The van der Waals surface area contributed by atoms with Crippen molar-refractivity contribution in [3.8, 4) is 0 Å². The fourth-order valence-electron chi connectivity index (χ4n) is 2.13. The summed E-state index contributed by atoms with van der Waals surface area (Å²) in [5.74, 6) is 2.77. The van der Waals surface area contributed by atoms with E-state index in [0.717, 1.165) is 30.4 Å². The van der Waals surface area contributed by atoms with Crippen LogP contribution in [0.5, 0.6) is 0 Å². The lowest BCUT2D eigenvalue weighted by molar-refractivity contribution is 0.305. The minimum absolute atomic E-state index is 0.239. The molecule has 0 bridgehead atoms. The predicted octanol–water partition coefficient (Wildman–Crippen LogP) is 2.83. The summed E-state index contributed by atoms with van der Waals surface area (Å²) in [5, 5.41) is 6.79. The molecule has 0 aliphatic heterocycles. The Morgan fingerprint density at radius 3 is 2.47 bits per heavy atom. The van der Waals surface area contributed by atoms with Crippen LogP contribution in [-0.2, 0) is 6.42 Å². The molecule has 2 N–H and O–H groups in total. The topological polar surface area (TPSA) is 49.8 Å². The molecule has 1 aromatic rings. The molecule has 0 spiro atoms. The van der Waals surface area contributed by atoms with Crippen LogP contribution in [0.25, 0.3) is 0 Å². The van der Waals surface area contributed by atoms with E-state index in [4.69, 9.17) is 0 Å². The fourth-order valence-corrected chi connectivity index (χ4v) is 2.13. The minimum atomic E-state index is 0.239. The van der Waals surface area contributed by atoms with Crippen LogP contribution < -0.4 is 10.6 Å². The zero-order valence-electron chi connectivity index (χ0n) is 11.0. The van der Waals surface area contributed by atoms with E-state index < -0.39 is 0 Å². The normalized spacial score (nSPS) is 17.4. The van der Waals surface area contributed by atoms with Crippen LogP contribution in [0.4, 0.5) is 11.6 Å². The van der Waals surface area contributed by atoms with Gasteiger partial charge in [-0.2, -0.15) is 0 Å². The highest BCUT2D eigenvalue weighted by Crippen LogP contribution is 2.34. The first-order valence-corrected chi connectivity index (χ1v) is 6.55. The Morgan fingerprint density at radius 2 is 1.94 bits per heavy atom. The zero-order valence-corrected chi connectivity index (χ0v) is 11.0. The largest absolute Gasteiger partial charge is 0.370 e. The van der Waals surface area contributed by atoms with Crippen molar-refractivity contribution in [1.29, 1.82) is 0 Å². The first kappa shape index (κ1) is 12.1. The van der Waals surface area contributed by atoms with Gasteiger partial charge in [-0.05, 0) is 33.1 Å². The van der Waals surface area contributed by atoms with E-state index in [9.17, 15) is 0 Å². The van der Waals surface area contributed by atoms with Crippen molar-refractivity contribution in [2.45, 2.75) is 52.0 Å². The van der Waals surface area contributed by atoms with E-state index in [1.807, 2.05) is 6.07 Å². The fraction of sp³-hybridized carbons (Fsp3) is 0.692. The summed E-state index contributed by atoms with van der Waals surface area (Å²) >= 11 is 0. The maximum absolute atomic E-state index is 4.54. The molecule has 1 heterocycles. The predicted molar refractivity (Wildman–Crippen MR) is 71.5 cm³/mol. The Hall–Kier alpha value is -1.32. The van der Waals surface area contributed by atoms with E-state index in [-0.39, 0.29) is 5.54 Å². The van der Waals surface area contributed by atoms with Crippen LogP contribution in [0.1, 0.15) is 45.9 Å². The number of aryl methyl sites for hydroxylation is 1. The van der Waals surface area contributed by atoms with Gasteiger partial charge in [0, 0.05) is 24.6 Å². The van der Waals surface area contributed by atoms with Crippen molar-refractivity contribution in [2.24, 2.45) is 0 Å². The number of hydrogen-bond acceptors (Lipinski definition) is 4. The molecule has 0 aromatic carbocycles. The summed E-state index contributed by atoms with van der Waals surface area (Å²) in [5.41, 5.74) is 0.239. The van der Waals surface area contributed by atoms with Crippen molar-refractivity contribution < 1.29 is 0 Å².